The van der Waals surface area contributed by atoms with Gasteiger partial charge in [0.05, 0.1) is 0 Å². The first-order chi connectivity index (χ1) is 11.6. The Labute approximate surface area is 141 Å². The van der Waals surface area contributed by atoms with Crippen LogP contribution in [0.15, 0.2) is 42.5 Å². The summed E-state index contributed by atoms with van der Waals surface area (Å²) in [6.07, 6.45) is 5.32. The monoisotopic (exact) mass is 325 g/mol. The lowest BCUT2D eigenvalue weighted by Crippen LogP contribution is -2.45. The fourth-order valence-corrected chi connectivity index (χ4v) is 3.46. The zero-order valence-electron chi connectivity index (χ0n) is 13.7. The van der Waals surface area contributed by atoms with Gasteiger partial charge < -0.3 is 10.4 Å². The summed E-state index contributed by atoms with van der Waals surface area (Å²) in [5.74, 6) is -1.12. The third-order valence-corrected chi connectivity index (χ3v) is 4.84. The Morgan fingerprint density at radius 2 is 1.75 bits per heavy atom. The van der Waals surface area contributed by atoms with Crippen LogP contribution < -0.4 is 5.32 Å². The molecule has 3 rings (SSSR count). The molecule has 0 unspecified atom stereocenters. The van der Waals surface area contributed by atoms with Crippen molar-refractivity contribution in [2.24, 2.45) is 5.92 Å². The van der Waals surface area contributed by atoms with Crippen LogP contribution in [0, 0.1) is 5.92 Å². The number of hydrogen-bond acceptors (Lipinski definition) is 2. The number of carboxylic acid groups (broad SMARTS) is 1. The van der Waals surface area contributed by atoms with Crippen molar-refractivity contribution in [1.29, 1.82) is 0 Å². The molecule has 0 bridgehead atoms. The molecule has 1 fully saturated rings. The number of nitrogens with one attached hydrogen (secondary N) is 1. The fourth-order valence-electron chi connectivity index (χ4n) is 3.46. The number of amides is 1. The van der Waals surface area contributed by atoms with Crippen LogP contribution in [0.1, 0.15) is 37.7 Å². The maximum absolute atomic E-state index is 12.3. The predicted molar refractivity (Wildman–Crippen MR) is 93.8 cm³/mol. The molecule has 4 heteroatoms. The van der Waals surface area contributed by atoms with Crippen molar-refractivity contribution in [2.75, 3.05) is 0 Å². The summed E-state index contributed by atoms with van der Waals surface area (Å²) >= 11 is 0. The molecule has 126 valence electrons. The van der Waals surface area contributed by atoms with Crippen LogP contribution in [0.5, 0.6) is 0 Å². The Hall–Kier alpha value is -2.36. The average molecular weight is 325 g/mol. The predicted octanol–water partition coefficient (Wildman–Crippen LogP) is 3.53. The molecule has 1 amide bonds. The van der Waals surface area contributed by atoms with E-state index in [1.165, 1.54) is 6.42 Å². The van der Waals surface area contributed by atoms with Crippen LogP contribution in [0.2, 0.25) is 0 Å². The van der Waals surface area contributed by atoms with Gasteiger partial charge in [-0.1, -0.05) is 61.7 Å². The molecule has 0 radical (unpaired) electrons. The van der Waals surface area contributed by atoms with Gasteiger partial charge in [-0.15, -0.1) is 0 Å². The third-order valence-electron chi connectivity index (χ3n) is 4.84. The summed E-state index contributed by atoms with van der Waals surface area (Å²) < 4.78 is 0. The van der Waals surface area contributed by atoms with E-state index < -0.39 is 12.0 Å². The minimum atomic E-state index is -0.979. The quantitative estimate of drug-likeness (QED) is 0.884. The lowest BCUT2D eigenvalue weighted by atomic mass is 9.88. The maximum Gasteiger partial charge on any atom is 0.326 e. The average Bonchev–Trinajstić information content (AvgIpc) is 2.61. The second-order valence-electron chi connectivity index (χ2n) is 6.62. The van der Waals surface area contributed by atoms with Crippen LogP contribution in [0.4, 0.5) is 0 Å². The molecule has 1 aliphatic carbocycles. The van der Waals surface area contributed by atoms with E-state index in [9.17, 15) is 14.7 Å². The Morgan fingerprint density at radius 1 is 1.04 bits per heavy atom. The Bertz CT molecular complexity index is 734. The number of aliphatic carboxylic acids is 1. The van der Waals surface area contributed by atoms with Crippen LogP contribution in [-0.2, 0) is 16.0 Å². The van der Waals surface area contributed by atoms with Gasteiger partial charge in [0.1, 0.15) is 6.04 Å². The van der Waals surface area contributed by atoms with Crippen LogP contribution in [0.3, 0.4) is 0 Å². The Morgan fingerprint density at radius 3 is 2.46 bits per heavy atom. The van der Waals surface area contributed by atoms with E-state index in [0.717, 1.165) is 42.0 Å². The highest BCUT2D eigenvalue weighted by Gasteiger charge is 2.26. The van der Waals surface area contributed by atoms with E-state index in [0.29, 0.717) is 6.42 Å². The van der Waals surface area contributed by atoms with Crippen molar-refractivity contribution in [3.05, 3.63) is 48.0 Å². The van der Waals surface area contributed by atoms with E-state index >= 15 is 0 Å². The molecule has 1 saturated carbocycles. The Kier molecular flexibility index (Phi) is 5.14. The van der Waals surface area contributed by atoms with Gasteiger partial charge in [0.2, 0.25) is 5.91 Å². The van der Waals surface area contributed by atoms with Crippen molar-refractivity contribution in [2.45, 2.75) is 44.6 Å². The molecular weight excluding hydrogens is 302 g/mol. The van der Waals surface area contributed by atoms with Gasteiger partial charge in [0.25, 0.3) is 0 Å². The first-order valence-electron chi connectivity index (χ1n) is 8.64. The van der Waals surface area contributed by atoms with Gasteiger partial charge in [-0.2, -0.15) is 0 Å². The lowest BCUT2D eigenvalue weighted by Gasteiger charge is -2.23. The number of carbonyl (C=O) groups is 2. The number of carboxylic acids is 1. The Balaban J connectivity index is 1.70. The summed E-state index contributed by atoms with van der Waals surface area (Å²) in [5.41, 5.74) is 0.921. The van der Waals surface area contributed by atoms with Crippen molar-refractivity contribution >= 4 is 22.6 Å². The zero-order chi connectivity index (χ0) is 16.9. The number of rotatable bonds is 5. The smallest absolute Gasteiger partial charge is 0.326 e. The molecular formula is C20H23NO3. The third kappa shape index (κ3) is 3.94. The van der Waals surface area contributed by atoms with Crippen LogP contribution in [-0.4, -0.2) is 23.0 Å². The van der Waals surface area contributed by atoms with Gasteiger partial charge >= 0.3 is 5.97 Å². The second-order valence-corrected chi connectivity index (χ2v) is 6.62. The van der Waals surface area contributed by atoms with Crippen LogP contribution in [0.25, 0.3) is 10.8 Å². The number of carbonyl (C=O) groups excluding carboxylic acids is 1. The summed E-state index contributed by atoms with van der Waals surface area (Å²) in [5, 5.41) is 14.4. The van der Waals surface area contributed by atoms with Gasteiger partial charge in [0, 0.05) is 12.3 Å². The molecule has 4 nitrogen and oxygen atoms in total. The molecule has 2 N–H and O–H groups in total. The standard InChI is InChI=1S/C20H23NO3/c22-19(16-7-2-1-3-8-16)21-18(20(23)24)13-14-10-11-15-6-4-5-9-17(15)12-14/h4-6,9-12,16,18H,1-3,7-8,13H2,(H,21,22)(H,23,24)/t18-/m1/s1. The van der Waals surface area contributed by atoms with E-state index in [2.05, 4.69) is 5.32 Å². The van der Waals surface area contributed by atoms with Crippen molar-refractivity contribution in [1.82, 2.24) is 5.32 Å². The molecule has 0 saturated heterocycles. The molecule has 2 aromatic carbocycles. The van der Waals surface area contributed by atoms with Crippen molar-refractivity contribution in [3.63, 3.8) is 0 Å². The normalized spacial score (nSPS) is 16.7. The first kappa shape index (κ1) is 16.5. The molecule has 2 aromatic rings. The number of hydrogen-bond donors (Lipinski definition) is 2. The lowest BCUT2D eigenvalue weighted by molar-refractivity contribution is -0.142. The van der Waals surface area contributed by atoms with Gasteiger partial charge in [-0.3, -0.25) is 4.79 Å². The summed E-state index contributed by atoms with van der Waals surface area (Å²) in [4.78, 5) is 23.9. The largest absolute Gasteiger partial charge is 0.480 e. The molecule has 0 heterocycles. The van der Waals surface area contributed by atoms with E-state index in [1.807, 2.05) is 42.5 Å². The minimum Gasteiger partial charge on any atom is -0.480 e. The topological polar surface area (TPSA) is 66.4 Å². The van der Waals surface area contributed by atoms with E-state index in [1.54, 1.807) is 0 Å². The maximum atomic E-state index is 12.3. The number of fused-ring (bicyclic) bond motifs is 1. The molecule has 1 atom stereocenters. The minimum absolute atomic E-state index is 0.0304. The zero-order valence-corrected chi connectivity index (χ0v) is 13.7. The molecule has 0 spiro atoms. The van der Waals surface area contributed by atoms with Crippen LogP contribution >= 0.6 is 0 Å². The molecule has 0 aliphatic heterocycles. The summed E-state index contributed by atoms with van der Waals surface area (Å²) in [6.45, 7) is 0. The van der Waals surface area contributed by atoms with Crippen molar-refractivity contribution in [3.8, 4) is 0 Å². The highest BCUT2D eigenvalue weighted by Crippen LogP contribution is 2.24. The van der Waals surface area contributed by atoms with E-state index in [-0.39, 0.29) is 11.8 Å². The highest BCUT2D eigenvalue weighted by atomic mass is 16.4. The SMILES string of the molecule is O=C(N[C@H](Cc1ccc2ccccc2c1)C(=O)O)C1CCCCC1. The number of benzene rings is 2. The van der Waals surface area contributed by atoms with Gasteiger partial charge in [-0.05, 0) is 29.2 Å². The fraction of sp³-hybridized carbons (Fsp3) is 0.400. The second kappa shape index (κ2) is 7.47. The summed E-state index contributed by atoms with van der Waals surface area (Å²) in [7, 11) is 0. The van der Waals surface area contributed by atoms with E-state index in [4.69, 9.17) is 0 Å². The highest BCUT2D eigenvalue weighted by molar-refractivity contribution is 5.86. The van der Waals surface area contributed by atoms with Crippen molar-refractivity contribution < 1.29 is 14.7 Å². The molecule has 1 aliphatic rings. The first-order valence-corrected chi connectivity index (χ1v) is 8.64. The molecule has 24 heavy (non-hydrogen) atoms. The molecule has 0 aromatic heterocycles. The van der Waals surface area contributed by atoms with Gasteiger partial charge in [0.15, 0.2) is 0 Å². The summed E-state index contributed by atoms with van der Waals surface area (Å²) in [6, 6.07) is 13.0. The van der Waals surface area contributed by atoms with Gasteiger partial charge in [-0.25, -0.2) is 4.79 Å².